The van der Waals surface area contributed by atoms with Crippen molar-refractivity contribution in [1.82, 2.24) is 5.32 Å². The third-order valence-electron chi connectivity index (χ3n) is 2.34. The van der Waals surface area contributed by atoms with Crippen molar-refractivity contribution in [3.05, 3.63) is 10.1 Å². The second kappa shape index (κ2) is 6.56. The zero-order valence-corrected chi connectivity index (χ0v) is 12.0. The summed E-state index contributed by atoms with van der Waals surface area (Å²) in [6.45, 7) is 10.7. The number of hydrogen-bond acceptors (Lipinski definition) is 4. The smallest absolute Gasteiger partial charge is 0.408 e. The van der Waals surface area contributed by atoms with Crippen molar-refractivity contribution in [1.29, 1.82) is 0 Å². The number of carbonyl (C=O) groups is 1. The summed E-state index contributed by atoms with van der Waals surface area (Å²) in [6, 6.07) is -1.35. The number of nitro groups is 1. The Morgan fingerprint density at radius 3 is 2.17 bits per heavy atom. The van der Waals surface area contributed by atoms with Crippen molar-refractivity contribution in [2.24, 2.45) is 5.92 Å². The zero-order chi connectivity index (χ0) is 14.5. The lowest BCUT2D eigenvalue weighted by Gasteiger charge is -2.25. The molecule has 0 aliphatic carbocycles. The van der Waals surface area contributed by atoms with Crippen molar-refractivity contribution < 1.29 is 14.5 Å². The summed E-state index contributed by atoms with van der Waals surface area (Å²) in [5.74, 6) is 0.257. The van der Waals surface area contributed by atoms with Crippen molar-refractivity contribution in [2.45, 2.75) is 65.6 Å². The molecule has 18 heavy (non-hydrogen) atoms. The van der Waals surface area contributed by atoms with E-state index in [1.807, 2.05) is 13.8 Å². The van der Waals surface area contributed by atoms with E-state index in [4.69, 9.17) is 4.74 Å². The van der Waals surface area contributed by atoms with Crippen LogP contribution in [0, 0.1) is 16.0 Å². The highest BCUT2D eigenvalue weighted by molar-refractivity contribution is 5.68. The van der Waals surface area contributed by atoms with Gasteiger partial charge in [0.2, 0.25) is 6.04 Å². The molecule has 2 atom stereocenters. The van der Waals surface area contributed by atoms with Gasteiger partial charge in [-0.15, -0.1) is 0 Å². The first-order chi connectivity index (χ1) is 8.03. The van der Waals surface area contributed by atoms with Crippen molar-refractivity contribution >= 4 is 6.09 Å². The Balaban J connectivity index is 4.59. The molecule has 0 saturated carbocycles. The summed E-state index contributed by atoms with van der Waals surface area (Å²) in [4.78, 5) is 22.0. The van der Waals surface area contributed by atoms with E-state index in [2.05, 4.69) is 5.32 Å². The van der Waals surface area contributed by atoms with Gasteiger partial charge >= 0.3 is 6.09 Å². The summed E-state index contributed by atoms with van der Waals surface area (Å²) in [7, 11) is 0. The van der Waals surface area contributed by atoms with Gasteiger partial charge in [0.25, 0.3) is 0 Å². The molecule has 0 aliphatic heterocycles. The molecule has 0 bridgehead atoms. The van der Waals surface area contributed by atoms with E-state index in [0.29, 0.717) is 6.42 Å². The van der Waals surface area contributed by atoms with Crippen LogP contribution in [-0.4, -0.2) is 28.7 Å². The first kappa shape index (κ1) is 16.7. The van der Waals surface area contributed by atoms with Crippen LogP contribution in [0.4, 0.5) is 4.79 Å². The number of nitrogens with zero attached hydrogens (tertiary/aromatic N) is 1. The van der Waals surface area contributed by atoms with Crippen LogP contribution < -0.4 is 5.32 Å². The van der Waals surface area contributed by atoms with Crippen LogP contribution in [-0.2, 0) is 4.74 Å². The molecule has 0 heterocycles. The molecule has 0 aliphatic rings. The van der Waals surface area contributed by atoms with Gasteiger partial charge in [0.1, 0.15) is 5.60 Å². The SMILES string of the molecule is CC(C)C[C@H](NC(=O)OC(C)(C)C)[C@@H](C)[N+](=O)[O-]. The highest BCUT2D eigenvalue weighted by Crippen LogP contribution is 2.12. The summed E-state index contributed by atoms with van der Waals surface area (Å²) < 4.78 is 5.11. The predicted molar refractivity (Wildman–Crippen MR) is 69.1 cm³/mol. The fourth-order valence-electron chi connectivity index (χ4n) is 1.49. The van der Waals surface area contributed by atoms with Crippen LogP contribution >= 0.6 is 0 Å². The normalized spacial score (nSPS) is 15.1. The van der Waals surface area contributed by atoms with Crippen LogP contribution in [0.1, 0.15) is 48.0 Å². The average Bonchev–Trinajstić information content (AvgIpc) is 2.11. The molecule has 6 nitrogen and oxygen atoms in total. The molecule has 0 aromatic rings. The Morgan fingerprint density at radius 2 is 1.83 bits per heavy atom. The molecule has 0 radical (unpaired) electrons. The number of alkyl carbamates (subject to hydrolysis) is 1. The molecule has 0 rings (SSSR count). The number of amides is 1. The van der Waals surface area contributed by atoms with Crippen LogP contribution in [0.2, 0.25) is 0 Å². The largest absolute Gasteiger partial charge is 0.444 e. The van der Waals surface area contributed by atoms with Gasteiger partial charge in [-0.25, -0.2) is 4.79 Å². The van der Waals surface area contributed by atoms with Gasteiger partial charge in [-0.3, -0.25) is 10.1 Å². The molecule has 0 unspecified atom stereocenters. The first-order valence-corrected chi connectivity index (χ1v) is 6.16. The number of nitrogens with one attached hydrogen (secondary N) is 1. The van der Waals surface area contributed by atoms with E-state index in [0.717, 1.165) is 0 Å². The maximum atomic E-state index is 11.6. The molecule has 1 amide bonds. The molecule has 0 saturated heterocycles. The third-order valence-corrected chi connectivity index (χ3v) is 2.34. The Labute approximate surface area is 108 Å². The maximum absolute atomic E-state index is 11.6. The number of rotatable bonds is 5. The molecule has 6 heteroatoms. The maximum Gasteiger partial charge on any atom is 0.408 e. The van der Waals surface area contributed by atoms with Crippen LogP contribution in [0.5, 0.6) is 0 Å². The van der Waals surface area contributed by atoms with Crippen molar-refractivity contribution in [2.75, 3.05) is 0 Å². The predicted octanol–water partition coefficient (Wildman–Crippen LogP) is 2.59. The van der Waals surface area contributed by atoms with Crippen LogP contribution in [0.15, 0.2) is 0 Å². The topological polar surface area (TPSA) is 81.5 Å². The fraction of sp³-hybridized carbons (Fsp3) is 0.917. The van der Waals surface area contributed by atoms with Crippen molar-refractivity contribution in [3.63, 3.8) is 0 Å². The Morgan fingerprint density at radius 1 is 1.33 bits per heavy atom. The number of ether oxygens (including phenoxy) is 1. The van der Waals surface area contributed by atoms with Gasteiger partial charge in [0, 0.05) is 11.8 Å². The van der Waals surface area contributed by atoms with E-state index in [-0.39, 0.29) is 10.8 Å². The van der Waals surface area contributed by atoms with Gasteiger partial charge in [0.05, 0.1) is 6.04 Å². The van der Waals surface area contributed by atoms with E-state index >= 15 is 0 Å². The molecule has 0 aromatic heterocycles. The zero-order valence-electron chi connectivity index (χ0n) is 12.0. The molecule has 0 aromatic carbocycles. The molecule has 1 N–H and O–H groups in total. The quantitative estimate of drug-likeness (QED) is 0.608. The Bertz CT molecular complexity index is 297. The van der Waals surface area contributed by atoms with Gasteiger partial charge in [0.15, 0.2) is 0 Å². The summed E-state index contributed by atoms with van der Waals surface area (Å²) in [5.41, 5.74) is -0.607. The van der Waals surface area contributed by atoms with Gasteiger partial charge < -0.3 is 10.1 Å². The summed E-state index contributed by atoms with van der Waals surface area (Å²) >= 11 is 0. The van der Waals surface area contributed by atoms with Crippen LogP contribution in [0.3, 0.4) is 0 Å². The van der Waals surface area contributed by atoms with Gasteiger partial charge in [-0.2, -0.15) is 0 Å². The Hall–Kier alpha value is -1.33. The second-order valence-electron chi connectivity index (χ2n) is 5.91. The second-order valence-corrected chi connectivity index (χ2v) is 5.91. The molecule has 106 valence electrons. The molecule has 0 spiro atoms. The highest BCUT2D eigenvalue weighted by Gasteiger charge is 2.30. The minimum Gasteiger partial charge on any atom is -0.444 e. The standard InChI is InChI=1S/C12H24N2O4/c1-8(2)7-10(9(3)14(16)17)13-11(15)18-12(4,5)6/h8-10H,7H2,1-6H3,(H,13,15)/t9-,10+/m1/s1. The van der Waals surface area contributed by atoms with Crippen molar-refractivity contribution in [3.8, 4) is 0 Å². The van der Waals surface area contributed by atoms with Gasteiger partial charge in [-0.1, -0.05) is 13.8 Å². The van der Waals surface area contributed by atoms with E-state index < -0.39 is 23.8 Å². The van der Waals surface area contributed by atoms with Crippen LogP contribution in [0.25, 0.3) is 0 Å². The molecule has 0 fully saturated rings. The molecular weight excluding hydrogens is 236 g/mol. The van der Waals surface area contributed by atoms with E-state index in [1.54, 1.807) is 20.8 Å². The number of hydrogen-bond donors (Lipinski definition) is 1. The lowest BCUT2D eigenvalue weighted by Crippen LogP contribution is -2.47. The monoisotopic (exact) mass is 260 g/mol. The minimum absolute atomic E-state index is 0.257. The van der Waals surface area contributed by atoms with E-state index in [1.165, 1.54) is 6.92 Å². The first-order valence-electron chi connectivity index (χ1n) is 6.16. The number of carbonyl (C=O) groups excluding carboxylic acids is 1. The Kier molecular flexibility index (Phi) is 6.08. The third kappa shape index (κ3) is 7.09. The average molecular weight is 260 g/mol. The summed E-state index contributed by atoms with van der Waals surface area (Å²) in [5, 5.41) is 13.4. The van der Waals surface area contributed by atoms with Gasteiger partial charge in [-0.05, 0) is 33.1 Å². The molecular formula is C12H24N2O4. The lowest BCUT2D eigenvalue weighted by molar-refractivity contribution is -0.522. The lowest BCUT2D eigenvalue weighted by atomic mass is 9.99. The highest BCUT2D eigenvalue weighted by atomic mass is 16.6. The minimum atomic E-state index is -0.833. The summed E-state index contributed by atoms with van der Waals surface area (Å²) in [6.07, 6.45) is -0.0664. The van der Waals surface area contributed by atoms with E-state index in [9.17, 15) is 14.9 Å². The fourth-order valence-corrected chi connectivity index (χ4v) is 1.49.